The highest BCUT2D eigenvalue weighted by molar-refractivity contribution is 7.16. The summed E-state index contributed by atoms with van der Waals surface area (Å²) in [6.45, 7) is 6.66. The summed E-state index contributed by atoms with van der Waals surface area (Å²) < 4.78 is 0. The van der Waals surface area contributed by atoms with Crippen molar-refractivity contribution >= 4 is 16.3 Å². The summed E-state index contributed by atoms with van der Waals surface area (Å²) in [5, 5.41) is 9.98. The molecule has 1 aromatic heterocycles. The first kappa shape index (κ1) is 11.1. The smallest absolute Gasteiger partial charge is 0.104 e. The summed E-state index contributed by atoms with van der Waals surface area (Å²) in [4.78, 5) is 3.84. The minimum atomic E-state index is 0.249. The lowest BCUT2D eigenvalue weighted by atomic mass is 9.73. The van der Waals surface area contributed by atoms with Crippen LogP contribution in [0.3, 0.4) is 0 Å². The summed E-state index contributed by atoms with van der Waals surface area (Å²) in [5.74, 6) is 0. The molecule has 3 rings (SSSR count). The first-order valence-corrected chi connectivity index (χ1v) is 6.95. The van der Waals surface area contributed by atoms with Crippen molar-refractivity contribution in [1.82, 2.24) is 4.90 Å². The van der Waals surface area contributed by atoms with Crippen molar-refractivity contribution in [3.05, 3.63) is 16.0 Å². The van der Waals surface area contributed by atoms with Gasteiger partial charge in [-0.25, -0.2) is 0 Å². The molecule has 1 aliphatic heterocycles. The maximum Gasteiger partial charge on any atom is 0.104 e. The van der Waals surface area contributed by atoms with Crippen molar-refractivity contribution in [2.75, 3.05) is 18.8 Å². The Morgan fingerprint density at radius 3 is 2.76 bits per heavy atom. The maximum absolute atomic E-state index is 9.26. The minimum Gasteiger partial charge on any atom is -0.389 e. The molecule has 3 nitrogen and oxygen atoms in total. The molecule has 1 spiro atoms. The highest BCUT2D eigenvalue weighted by Gasteiger charge is 2.51. The molecule has 0 aromatic carbocycles. The molecule has 2 N–H and O–H groups in total. The molecule has 1 aromatic rings. The number of anilines is 1. The average Bonchev–Trinajstić information content (AvgIpc) is 2.70. The zero-order chi connectivity index (χ0) is 12.2. The Hall–Kier alpha value is -1.05. The van der Waals surface area contributed by atoms with Crippen LogP contribution in [0, 0.1) is 11.3 Å². The predicted octanol–water partition coefficient (Wildman–Crippen LogP) is 2.11. The molecule has 1 aliphatic carbocycles. The molecule has 0 unspecified atom stereocenters. The highest BCUT2D eigenvalue weighted by Crippen LogP contribution is 2.51. The molecule has 1 saturated heterocycles. The third-order valence-corrected chi connectivity index (χ3v) is 5.30. The van der Waals surface area contributed by atoms with E-state index in [-0.39, 0.29) is 5.41 Å². The average molecular weight is 247 g/mol. The summed E-state index contributed by atoms with van der Waals surface area (Å²) in [7, 11) is 0. The van der Waals surface area contributed by atoms with Crippen molar-refractivity contribution in [2.45, 2.75) is 38.1 Å². The van der Waals surface area contributed by atoms with Crippen LogP contribution in [0.25, 0.3) is 0 Å². The van der Waals surface area contributed by atoms with E-state index in [0.717, 1.165) is 30.1 Å². The number of hydrogen-bond acceptors (Lipinski definition) is 4. The third kappa shape index (κ3) is 1.36. The van der Waals surface area contributed by atoms with E-state index in [2.05, 4.69) is 24.8 Å². The second-order valence-corrected chi connectivity index (χ2v) is 6.67. The Morgan fingerprint density at radius 1 is 1.47 bits per heavy atom. The van der Waals surface area contributed by atoms with Gasteiger partial charge in [0.05, 0.1) is 5.56 Å². The summed E-state index contributed by atoms with van der Waals surface area (Å²) >= 11 is 1.63. The number of rotatable bonds is 1. The summed E-state index contributed by atoms with van der Waals surface area (Å²) in [6, 6.07) is 2.91. The summed E-state index contributed by atoms with van der Waals surface area (Å²) in [5.41, 5.74) is 8.25. The van der Waals surface area contributed by atoms with E-state index >= 15 is 0 Å². The predicted molar refractivity (Wildman–Crippen MR) is 70.2 cm³/mol. The number of likely N-dealkylation sites (tertiary alicyclic amines) is 1. The summed E-state index contributed by atoms with van der Waals surface area (Å²) in [6.07, 6.45) is 2.31. The lowest BCUT2D eigenvalue weighted by Crippen LogP contribution is -2.60. The van der Waals surface area contributed by atoms with Gasteiger partial charge in [-0.1, -0.05) is 0 Å². The first-order valence-electron chi connectivity index (χ1n) is 6.13. The quantitative estimate of drug-likeness (QED) is 0.827. The van der Waals surface area contributed by atoms with Gasteiger partial charge in [-0.3, -0.25) is 4.90 Å². The van der Waals surface area contributed by atoms with Gasteiger partial charge in [-0.05, 0) is 32.3 Å². The fourth-order valence-corrected chi connectivity index (χ4v) is 4.38. The van der Waals surface area contributed by atoms with Gasteiger partial charge in [0.2, 0.25) is 0 Å². The SMILES string of the molecule is CC(C)N1CC2(CCc3sc(N)c(C#N)c32)C1. The Balaban J connectivity index is 1.98. The van der Waals surface area contributed by atoms with Gasteiger partial charge in [0.15, 0.2) is 0 Å². The second-order valence-electron chi connectivity index (χ2n) is 5.53. The van der Waals surface area contributed by atoms with Crippen LogP contribution >= 0.6 is 11.3 Å². The highest BCUT2D eigenvalue weighted by atomic mass is 32.1. The van der Waals surface area contributed by atoms with Gasteiger partial charge in [-0.2, -0.15) is 5.26 Å². The molecule has 0 amide bonds. The number of thiophene rings is 1. The van der Waals surface area contributed by atoms with Gasteiger partial charge >= 0.3 is 0 Å². The van der Waals surface area contributed by atoms with Crippen LogP contribution in [0.1, 0.15) is 36.3 Å². The van der Waals surface area contributed by atoms with E-state index in [9.17, 15) is 5.26 Å². The largest absolute Gasteiger partial charge is 0.389 e. The van der Waals surface area contributed by atoms with Gasteiger partial charge in [-0.15, -0.1) is 11.3 Å². The Labute approximate surface area is 106 Å². The van der Waals surface area contributed by atoms with Crippen LogP contribution in [-0.4, -0.2) is 24.0 Å². The normalized spacial score (nSPS) is 21.5. The van der Waals surface area contributed by atoms with E-state index in [1.807, 2.05) is 0 Å². The Kier molecular flexibility index (Phi) is 2.26. The van der Waals surface area contributed by atoms with Crippen molar-refractivity contribution in [2.24, 2.45) is 0 Å². The number of nitrogens with zero attached hydrogens (tertiary/aromatic N) is 2. The number of fused-ring (bicyclic) bond motifs is 2. The fraction of sp³-hybridized carbons (Fsp3) is 0.615. The number of nitrogens with two attached hydrogens (primary N) is 1. The molecule has 0 bridgehead atoms. The molecule has 17 heavy (non-hydrogen) atoms. The standard InChI is InChI=1S/C13H17N3S/c1-8(2)16-6-13(7-16)4-3-10-11(13)9(5-14)12(15)17-10/h8H,3-4,6-7,15H2,1-2H3. The van der Waals surface area contributed by atoms with E-state index in [0.29, 0.717) is 6.04 Å². The van der Waals surface area contributed by atoms with Crippen LogP contribution in [-0.2, 0) is 11.8 Å². The van der Waals surface area contributed by atoms with E-state index in [4.69, 9.17) is 5.73 Å². The zero-order valence-corrected chi connectivity index (χ0v) is 11.1. The van der Waals surface area contributed by atoms with Crippen LogP contribution in [0.5, 0.6) is 0 Å². The van der Waals surface area contributed by atoms with Crippen molar-refractivity contribution in [3.63, 3.8) is 0 Å². The van der Waals surface area contributed by atoms with Gasteiger partial charge in [0, 0.05) is 29.4 Å². The maximum atomic E-state index is 9.26. The molecule has 0 atom stereocenters. The van der Waals surface area contributed by atoms with Crippen molar-refractivity contribution < 1.29 is 0 Å². The number of aryl methyl sites for hydroxylation is 1. The van der Waals surface area contributed by atoms with E-state index < -0.39 is 0 Å². The third-order valence-electron chi connectivity index (χ3n) is 4.22. The lowest BCUT2D eigenvalue weighted by molar-refractivity contribution is 0.0372. The van der Waals surface area contributed by atoms with Gasteiger partial charge in [0.1, 0.15) is 11.1 Å². The van der Waals surface area contributed by atoms with Crippen LogP contribution in [0.2, 0.25) is 0 Å². The second kappa shape index (κ2) is 3.47. The van der Waals surface area contributed by atoms with Crippen molar-refractivity contribution in [1.29, 1.82) is 5.26 Å². The molecule has 0 radical (unpaired) electrons. The Bertz CT molecular complexity index is 503. The number of nitrogen functional groups attached to an aromatic ring is 1. The monoisotopic (exact) mass is 247 g/mol. The van der Waals surface area contributed by atoms with Gasteiger partial charge < -0.3 is 5.73 Å². The minimum absolute atomic E-state index is 0.249. The molecule has 0 saturated carbocycles. The molecule has 1 fully saturated rings. The first-order chi connectivity index (χ1) is 8.07. The fourth-order valence-electron chi connectivity index (χ4n) is 3.24. The molecule has 90 valence electrons. The molecule has 2 heterocycles. The van der Waals surface area contributed by atoms with Gasteiger partial charge in [0.25, 0.3) is 0 Å². The van der Waals surface area contributed by atoms with E-state index in [1.165, 1.54) is 16.9 Å². The zero-order valence-electron chi connectivity index (χ0n) is 10.3. The molecule has 2 aliphatic rings. The topological polar surface area (TPSA) is 53.0 Å². The van der Waals surface area contributed by atoms with E-state index in [1.54, 1.807) is 11.3 Å². The number of hydrogen-bond donors (Lipinski definition) is 1. The number of nitriles is 1. The van der Waals surface area contributed by atoms with Crippen LogP contribution < -0.4 is 5.73 Å². The molecular weight excluding hydrogens is 230 g/mol. The molecule has 4 heteroatoms. The molecular formula is C13H17N3S. The Morgan fingerprint density at radius 2 is 2.18 bits per heavy atom. The van der Waals surface area contributed by atoms with Crippen LogP contribution in [0.15, 0.2) is 0 Å². The lowest BCUT2D eigenvalue weighted by Gasteiger charge is -2.51. The van der Waals surface area contributed by atoms with Crippen molar-refractivity contribution in [3.8, 4) is 6.07 Å². The van der Waals surface area contributed by atoms with Crippen LogP contribution in [0.4, 0.5) is 5.00 Å².